The first-order valence-electron chi connectivity index (χ1n) is 12.3. The van der Waals surface area contributed by atoms with Crippen molar-refractivity contribution in [3.8, 4) is 10.4 Å². The van der Waals surface area contributed by atoms with Gasteiger partial charge in [-0.3, -0.25) is 14.4 Å². The Bertz CT molecular complexity index is 1160. The van der Waals surface area contributed by atoms with E-state index in [1.807, 2.05) is 50.5 Å². The lowest BCUT2D eigenvalue weighted by molar-refractivity contribution is -0.147. The van der Waals surface area contributed by atoms with Crippen molar-refractivity contribution in [1.29, 1.82) is 0 Å². The summed E-state index contributed by atoms with van der Waals surface area (Å²) >= 11 is 1.60. The number of carbonyl (C=O) groups is 3. The number of hydrogen-bond donors (Lipinski definition) is 1. The molecule has 192 valence electrons. The molecular formula is C27H33N3O5S. The normalized spacial score (nSPS) is 20.7. The van der Waals surface area contributed by atoms with Crippen LogP contribution in [0.2, 0.25) is 0 Å². The van der Waals surface area contributed by atoms with Crippen molar-refractivity contribution >= 4 is 28.9 Å². The second kappa shape index (κ2) is 10.9. The molecule has 3 atom stereocenters. The van der Waals surface area contributed by atoms with Crippen molar-refractivity contribution in [2.24, 2.45) is 5.92 Å². The van der Waals surface area contributed by atoms with Crippen LogP contribution >= 0.6 is 11.3 Å². The Kier molecular flexibility index (Phi) is 7.90. The number of benzene rings is 1. The third kappa shape index (κ3) is 5.37. The first-order valence-corrected chi connectivity index (χ1v) is 13.1. The van der Waals surface area contributed by atoms with E-state index in [9.17, 15) is 19.5 Å². The molecule has 0 spiro atoms. The fourth-order valence-corrected chi connectivity index (χ4v) is 5.83. The molecule has 2 aromatic rings. The monoisotopic (exact) mass is 511 g/mol. The number of aryl methyl sites for hydroxylation is 2. The van der Waals surface area contributed by atoms with Gasteiger partial charge in [-0.2, -0.15) is 0 Å². The molecule has 1 aromatic heterocycles. The van der Waals surface area contributed by atoms with E-state index in [4.69, 9.17) is 4.74 Å². The van der Waals surface area contributed by atoms with E-state index in [0.717, 1.165) is 21.7 Å². The summed E-state index contributed by atoms with van der Waals surface area (Å²) in [6.45, 7) is 6.05. The van der Waals surface area contributed by atoms with Crippen LogP contribution in [-0.4, -0.2) is 75.9 Å². The zero-order valence-electron chi connectivity index (χ0n) is 21.1. The molecule has 1 fully saturated rings. The molecule has 1 N–H and O–H groups in total. The summed E-state index contributed by atoms with van der Waals surface area (Å²) in [4.78, 5) is 47.8. The molecule has 9 heteroatoms. The summed E-state index contributed by atoms with van der Waals surface area (Å²) in [7, 11) is 1.49. The van der Waals surface area contributed by atoms with Gasteiger partial charge in [0.05, 0.1) is 41.9 Å². The predicted molar refractivity (Wildman–Crippen MR) is 137 cm³/mol. The van der Waals surface area contributed by atoms with Crippen molar-refractivity contribution in [3.63, 3.8) is 0 Å². The minimum absolute atomic E-state index is 0.0757. The number of Topliss-reactive ketones (excluding diaryl/α,β-unsaturated/α-hetero) is 1. The van der Waals surface area contributed by atoms with Crippen LogP contribution < -0.4 is 0 Å². The second-order valence-corrected chi connectivity index (χ2v) is 10.7. The average molecular weight is 512 g/mol. The van der Waals surface area contributed by atoms with E-state index in [2.05, 4.69) is 4.98 Å². The molecule has 0 aliphatic carbocycles. The van der Waals surface area contributed by atoms with Crippen molar-refractivity contribution in [1.82, 2.24) is 14.8 Å². The van der Waals surface area contributed by atoms with E-state index in [-0.39, 0.29) is 49.4 Å². The van der Waals surface area contributed by atoms with Crippen LogP contribution in [0.4, 0.5) is 0 Å². The van der Waals surface area contributed by atoms with Crippen molar-refractivity contribution in [2.45, 2.75) is 58.2 Å². The molecule has 2 aliphatic heterocycles. The van der Waals surface area contributed by atoms with Gasteiger partial charge in [0.25, 0.3) is 5.91 Å². The molecule has 1 aromatic carbocycles. The number of β-amino-alcohol motifs (C(OH)–C–C–N with tert-alkyl or cyclic N) is 1. The number of thiazole rings is 1. The van der Waals surface area contributed by atoms with Gasteiger partial charge in [-0.05, 0) is 30.4 Å². The van der Waals surface area contributed by atoms with Crippen molar-refractivity contribution in [3.05, 3.63) is 52.9 Å². The van der Waals surface area contributed by atoms with Crippen LogP contribution in [-0.2, 0) is 25.5 Å². The summed E-state index contributed by atoms with van der Waals surface area (Å²) in [5.74, 6) is -0.320. The zero-order valence-corrected chi connectivity index (χ0v) is 22.0. The minimum Gasteiger partial charge on any atom is -0.499 e. The average Bonchev–Trinajstić information content (AvgIpc) is 3.56. The molecule has 2 aliphatic rings. The van der Waals surface area contributed by atoms with Crippen molar-refractivity contribution < 1.29 is 24.2 Å². The largest absolute Gasteiger partial charge is 0.499 e. The number of nitrogens with zero attached hydrogens (tertiary/aromatic N) is 3. The number of methoxy groups -OCH3 is 1. The van der Waals surface area contributed by atoms with Gasteiger partial charge in [-0.1, -0.05) is 38.1 Å². The Labute approximate surface area is 215 Å². The number of ketones is 1. The van der Waals surface area contributed by atoms with E-state index in [1.165, 1.54) is 23.0 Å². The number of amides is 2. The third-order valence-corrected chi connectivity index (χ3v) is 7.91. The van der Waals surface area contributed by atoms with E-state index >= 15 is 0 Å². The minimum atomic E-state index is -0.764. The number of aliphatic hydroxyl groups excluding tert-OH is 1. The maximum atomic E-state index is 13.6. The highest BCUT2D eigenvalue weighted by molar-refractivity contribution is 7.13. The highest BCUT2D eigenvalue weighted by Gasteiger charge is 2.44. The van der Waals surface area contributed by atoms with Gasteiger partial charge in [-0.25, -0.2) is 4.98 Å². The van der Waals surface area contributed by atoms with Crippen LogP contribution in [0.5, 0.6) is 0 Å². The molecule has 1 saturated heterocycles. The number of aromatic nitrogens is 1. The highest BCUT2D eigenvalue weighted by Crippen LogP contribution is 2.29. The Balaban J connectivity index is 1.42. The zero-order chi connectivity index (χ0) is 26.0. The van der Waals surface area contributed by atoms with Gasteiger partial charge in [0, 0.05) is 25.5 Å². The quantitative estimate of drug-likeness (QED) is 0.556. The topological polar surface area (TPSA) is 100 Å². The van der Waals surface area contributed by atoms with Gasteiger partial charge >= 0.3 is 0 Å². The number of aliphatic hydroxyl groups is 1. The Hall–Kier alpha value is -3.04. The highest BCUT2D eigenvalue weighted by atomic mass is 32.1. The molecule has 3 heterocycles. The summed E-state index contributed by atoms with van der Waals surface area (Å²) < 4.78 is 5.21. The first-order chi connectivity index (χ1) is 17.2. The molecule has 0 bridgehead atoms. The summed E-state index contributed by atoms with van der Waals surface area (Å²) in [6, 6.07) is 6.69. The van der Waals surface area contributed by atoms with E-state index in [1.54, 1.807) is 11.3 Å². The van der Waals surface area contributed by atoms with Crippen LogP contribution in [0.1, 0.15) is 37.9 Å². The molecule has 2 amide bonds. The lowest BCUT2D eigenvalue weighted by atomic mass is 9.98. The fraction of sp³-hybridized carbons (Fsp3) is 0.481. The van der Waals surface area contributed by atoms with Gasteiger partial charge < -0.3 is 19.6 Å². The molecule has 0 unspecified atom stereocenters. The molecule has 4 rings (SSSR count). The predicted octanol–water partition coefficient (Wildman–Crippen LogP) is 2.98. The number of ether oxygens (including phenoxy) is 1. The Morgan fingerprint density at radius 2 is 1.97 bits per heavy atom. The van der Waals surface area contributed by atoms with Gasteiger partial charge in [-0.15, -0.1) is 11.3 Å². The van der Waals surface area contributed by atoms with Crippen LogP contribution in [0.3, 0.4) is 0 Å². The number of carbonyl (C=O) groups excluding carboxylic acids is 3. The summed E-state index contributed by atoms with van der Waals surface area (Å²) in [5, 5.41) is 10.4. The SMILES string of the molecule is COC1=CC(=O)N([C@H](C(=O)N2C[C@H](O)C[C@H]2C(=O)CCc2ccc(-c3scnc3C)cc2)C(C)C)C1. The van der Waals surface area contributed by atoms with Gasteiger partial charge in [0.1, 0.15) is 11.8 Å². The first kappa shape index (κ1) is 26.0. The van der Waals surface area contributed by atoms with Gasteiger partial charge in [0.2, 0.25) is 5.91 Å². The second-order valence-electron chi connectivity index (χ2n) is 9.80. The summed E-state index contributed by atoms with van der Waals surface area (Å²) in [6.07, 6.45) is 1.67. The number of likely N-dealkylation sites (tertiary alicyclic amines) is 1. The molecule has 0 radical (unpaired) electrons. The van der Waals surface area contributed by atoms with Crippen molar-refractivity contribution in [2.75, 3.05) is 20.2 Å². The Morgan fingerprint density at radius 1 is 1.25 bits per heavy atom. The molecule has 8 nitrogen and oxygen atoms in total. The van der Waals surface area contributed by atoms with E-state index < -0.39 is 18.2 Å². The standard InChI is InChI=1S/C27H33N3O5S/c1-16(2)25(30-14-21(35-4)12-24(30)33)27(34)29-13-20(31)11-22(29)23(32)10-7-18-5-8-19(9-6-18)26-17(3)28-15-36-26/h5-6,8-9,12,15-16,20,22,25,31H,7,10-11,13-14H2,1-4H3/t20-,22+,25+/m1/s1. The molecular weight excluding hydrogens is 478 g/mol. The molecule has 36 heavy (non-hydrogen) atoms. The lowest BCUT2D eigenvalue weighted by Crippen LogP contribution is -2.54. The van der Waals surface area contributed by atoms with E-state index in [0.29, 0.717) is 12.2 Å². The molecule has 0 saturated carbocycles. The van der Waals surface area contributed by atoms with Crippen LogP contribution in [0.25, 0.3) is 10.4 Å². The maximum absolute atomic E-state index is 13.6. The maximum Gasteiger partial charge on any atom is 0.251 e. The third-order valence-electron chi connectivity index (χ3n) is 6.93. The smallest absolute Gasteiger partial charge is 0.251 e. The van der Waals surface area contributed by atoms with Gasteiger partial charge in [0.15, 0.2) is 5.78 Å². The van der Waals surface area contributed by atoms with Crippen LogP contribution in [0.15, 0.2) is 41.6 Å². The summed E-state index contributed by atoms with van der Waals surface area (Å²) in [5.41, 5.74) is 4.96. The number of rotatable bonds is 9. The number of hydrogen-bond acceptors (Lipinski definition) is 7. The van der Waals surface area contributed by atoms with Crippen LogP contribution in [0, 0.1) is 12.8 Å². The lowest BCUT2D eigenvalue weighted by Gasteiger charge is -2.35. The fourth-order valence-electron chi connectivity index (χ4n) is 5.02. The Morgan fingerprint density at radius 3 is 2.56 bits per heavy atom.